The summed E-state index contributed by atoms with van der Waals surface area (Å²) in [5.41, 5.74) is 0.547. The van der Waals surface area contributed by atoms with Gasteiger partial charge in [0.25, 0.3) is 0 Å². The van der Waals surface area contributed by atoms with Gasteiger partial charge in [0.2, 0.25) is 0 Å². The van der Waals surface area contributed by atoms with Crippen molar-refractivity contribution in [2.75, 3.05) is 20.1 Å². The van der Waals surface area contributed by atoms with Gasteiger partial charge in [-0.25, -0.2) is 8.78 Å². The van der Waals surface area contributed by atoms with Gasteiger partial charge in [0.15, 0.2) is 0 Å². The van der Waals surface area contributed by atoms with Crippen LogP contribution in [0.3, 0.4) is 0 Å². The zero-order valence-corrected chi connectivity index (χ0v) is 8.56. The van der Waals surface area contributed by atoms with E-state index in [1.807, 2.05) is 0 Å². The Bertz CT molecular complexity index is 350. The lowest BCUT2D eigenvalue weighted by molar-refractivity contribution is 0.263. The van der Waals surface area contributed by atoms with E-state index in [9.17, 15) is 8.78 Å². The predicted octanol–water partition coefficient (Wildman–Crippen LogP) is 1.44. The quantitative estimate of drug-likeness (QED) is 0.792. The highest BCUT2D eigenvalue weighted by Gasteiger charge is 2.28. The highest BCUT2D eigenvalue weighted by Crippen LogP contribution is 2.27. The predicted molar refractivity (Wildman–Crippen MR) is 54.5 cm³/mol. The summed E-state index contributed by atoms with van der Waals surface area (Å²) in [6.45, 7) is 1.75. The maximum Gasteiger partial charge on any atom is 0.130 e. The smallest absolute Gasteiger partial charge is 0.130 e. The molecule has 1 aliphatic heterocycles. The molecule has 0 bridgehead atoms. The van der Waals surface area contributed by atoms with Crippen LogP contribution in [0, 0.1) is 17.6 Å². The van der Waals surface area contributed by atoms with E-state index in [0.717, 1.165) is 19.2 Å². The minimum atomic E-state index is -0.530. The van der Waals surface area contributed by atoms with Crippen molar-refractivity contribution in [3.8, 4) is 0 Å². The summed E-state index contributed by atoms with van der Waals surface area (Å²) in [7, 11) is 1.80. The molecule has 82 valence electrons. The van der Waals surface area contributed by atoms with Gasteiger partial charge in [-0.1, -0.05) is 6.07 Å². The van der Waals surface area contributed by atoms with Crippen molar-refractivity contribution in [1.29, 1.82) is 0 Å². The molecule has 0 radical (unpaired) electrons. The van der Waals surface area contributed by atoms with Crippen LogP contribution < -0.4 is 10.6 Å². The third-order valence-corrected chi connectivity index (χ3v) is 2.89. The Hall–Kier alpha value is -1.00. The molecule has 4 heteroatoms. The fraction of sp³-hybridized carbons (Fsp3) is 0.455. The van der Waals surface area contributed by atoms with Crippen molar-refractivity contribution in [2.45, 2.75) is 6.04 Å². The van der Waals surface area contributed by atoms with E-state index in [1.165, 1.54) is 12.1 Å². The van der Waals surface area contributed by atoms with Gasteiger partial charge in [-0.15, -0.1) is 0 Å². The average Bonchev–Trinajstić information content (AvgIpc) is 2.12. The van der Waals surface area contributed by atoms with Gasteiger partial charge in [-0.05, 0) is 13.1 Å². The first-order valence-electron chi connectivity index (χ1n) is 5.05. The SMILES string of the molecule is CNC(c1ccc(F)cc1F)C1CNC1. The molecule has 15 heavy (non-hydrogen) atoms. The van der Waals surface area contributed by atoms with Crippen molar-refractivity contribution in [3.63, 3.8) is 0 Å². The van der Waals surface area contributed by atoms with Crippen LogP contribution in [0.2, 0.25) is 0 Å². The Morgan fingerprint density at radius 1 is 1.40 bits per heavy atom. The lowest BCUT2D eigenvalue weighted by atomic mass is 9.88. The largest absolute Gasteiger partial charge is 0.316 e. The van der Waals surface area contributed by atoms with Crippen LogP contribution in [0.25, 0.3) is 0 Å². The summed E-state index contributed by atoms with van der Waals surface area (Å²) in [5, 5.41) is 6.22. The van der Waals surface area contributed by atoms with Crippen LogP contribution >= 0.6 is 0 Å². The molecule has 1 aromatic rings. The second-order valence-electron chi connectivity index (χ2n) is 3.85. The molecule has 1 fully saturated rings. The monoisotopic (exact) mass is 212 g/mol. The first-order chi connectivity index (χ1) is 7.22. The molecule has 2 nitrogen and oxygen atoms in total. The topological polar surface area (TPSA) is 24.1 Å². The molecule has 2 rings (SSSR count). The van der Waals surface area contributed by atoms with Gasteiger partial charge >= 0.3 is 0 Å². The highest BCUT2D eigenvalue weighted by molar-refractivity contribution is 5.23. The Labute approximate surface area is 87.7 Å². The summed E-state index contributed by atoms with van der Waals surface area (Å²) in [4.78, 5) is 0. The molecular weight excluding hydrogens is 198 g/mol. The zero-order valence-electron chi connectivity index (χ0n) is 8.56. The maximum absolute atomic E-state index is 13.5. The number of benzene rings is 1. The van der Waals surface area contributed by atoms with Crippen LogP contribution in [-0.4, -0.2) is 20.1 Å². The lowest BCUT2D eigenvalue weighted by Gasteiger charge is -2.35. The van der Waals surface area contributed by atoms with Crippen LogP contribution in [0.1, 0.15) is 11.6 Å². The molecule has 1 aliphatic rings. The van der Waals surface area contributed by atoms with Crippen molar-refractivity contribution in [3.05, 3.63) is 35.4 Å². The molecule has 1 heterocycles. The van der Waals surface area contributed by atoms with Gasteiger partial charge in [0.1, 0.15) is 11.6 Å². The normalized spacial score (nSPS) is 18.6. The molecule has 1 aromatic carbocycles. The van der Waals surface area contributed by atoms with E-state index in [0.29, 0.717) is 11.5 Å². The summed E-state index contributed by atoms with van der Waals surface area (Å²) < 4.78 is 26.2. The molecule has 1 saturated heterocycles. The molecule has 0 aliphatic carbocycles. The molecule has 1 unspecified atom stereocenters. The van der Waals surface area contributed by atoms with Gasteiger partial charge < -0.3 is 10.6 Å². The molecule has 0 aromatic heterocycles. The fourth-order valence-electron chi connectivity index (χ4n) is 1.95. The van der Waals surface area contributed by atoms with Crippen LogP contribution in [0.4, 0.5) is 8.78 Å². The Morgan fingerprint density at radius 3 is 2.60 bits per heavy atom. The molecule has 2 N–H and O–H groups in total. The van der Waals surface area contributed by atoms with Gasteiger partial charge in [-0.3, -0.25) is 0 Å². The second kappa shape index (κ2) is 4.24. The minimum Gasteiger partial charge on any atom is -0.316 e. The van der Waals surface area contributed by atoms with E-state index >= 15 is 0 Å². The summed E-state index contributed by atoms with van der Waals surface area (Å²) >= 11 is 0. The molecule has 0 amide bonds. The van der Waals surface area contributed by atoms with Crippen LogP contribution in [-0.2, 0) is 0 Å². The Balaban J connectivity index is 2.25. The first-order valence-corrected chi connectivity index (χ1v) is 5.05. The fourth-order valence-corrected chi connectivity index (χ4v) is 1.95. The van der Waals surface area contributed by atoms with Crippen molar-refractivity contribution in [2.24, 2.45) is 5.92 Å². The zero-order chi connectivity index (χ0) is 10.8. The summed E-state index contributed by atoms with van der Waals surface area (Å²) in [5.74, 6) is -0.617. The number of hydrogen-bond acceptors (Lipinski definition) is 2. The van der Waals surface area contributed by atoms with Crippen molar-refractivity contribution in [1.82, 2.24) is 10.6 Å². The lowest BCUT2D eigenvalue weighted by Crippen LogP contribution is -2.48. The molecule has 1 atom stereocenters. The Kier molecular flexibility index (Phi) is 2.98. The Morgan fingerprint density at radius 2 is 2.13 bits per heavy atom. The number of hydrogen-bond donors (Lipinski definition) is 2. The van der Waals surface area contributed by atoms with E-state index < -0.39 is 11.6 Å². The van der Waals surface area contributed by atoms with Crippen molar-refractivity contribution < 1.29 is 8.78 Å². The summed E-state index contributed by atoms with van der Waals surface area (Å²) in [6.07, 6.45) is 0. The van der Waals surface area contributed by atoms with Crippen LogP contribution in [0.5, 0.6) is 0 Å². The maximum atomic E-state index is 13.5. The van der Waals surface area contributed by atoms with E-state index in [-0.39, 0.29) is 6.04 Å². The van der Waals surface area contributed by atoms with E-state index in [4.69, 9.17) is 0 Å². The second-order valence-corrected chi connectivity index (χ2v) is 3.85. The summed E-state index contributed by atoms with van der Waals surface area (Å²) in [6, 6.07) is 3.72. The third-order valence-electron chi connectivity index (χ3n) is 2.89. The standard InChI is InChI=1S/C11H14F2N2/c1-14-11(7-5-15-6-7)9-3-2-8(12)4-10(9)13/h2-4,7,11,14-15H,5-6H2,1H3. The van der Waals surface area contributed by atoms with E-state index in [1.54, 1.807) is 7.05 Å². The van der Waals surface area contributed by atoms with E-state index in [2.05, 4.69) is 10.6 Å². The molecule has 0 saturated carbocycles. The number of nitrogens with one attached hydrogen (secondary N) is 2. The number of halogens is 2. The average molecular weight is 212 g/mol. The first kappa shape index (κ1) is 10.5. The molecular formula is C11H14F2N2. The highest BCUT2D eigenvalue weighted by atomic mass is 19.1. The van der Waals surface area contributed by atoms with Gasteiger partial charge in [0.05, 0.1) is 0 Å². The van der Waals surface area contributed by atoms with Crippen LogP contribution in [0.15, 0.2) is 18.2 Å². The molecule has 0 spiro atoms. The van der Waals surface area contributed by atoms with Crippen molar-refractivity contribution >= 4 is 0 Å². The van der Waals surface area contributed by atoms with Gasteiger partial charge in [-0.2, -0.15) is 0 Å². The third kappa shape index (κ3) is 2.01. The number of rotatable bonds is 3. The van der Waals surface area contributed by atoms with Gasteiger partial charge in [0, 0.05) is 36.7 Å². The minimum absolute atomic E-state index is 0.0353.